The van der Waals surface area contributed by atoms with Gasteiger partial charge in [-0.05, 0) is 74.7 Å². The number of nitrogens with zero attached hydrogens (tertiary/aromatic N) is 2. The molecule has 2 aliphatic heterocycles. The molecule has 5 nitrogen and oxygen atoms in total. The van der Waals surface area contributed by atoms with Gasteiger partial charge in [0.05, 0.1) is 20.3 Å². The van der Waals surface area contributed by atoms with Gasteiger partial charge < -0.3 is 19.1 Å². The number of fused-ring (bicyclic) bond motifs is 1. The van der Waals surface area contributed by atoms with Crippen LogP contribution in [0.1, 0.15) is 38.2 Å². The van der Waals surface area contributed by atoms with Crippen LogP contribution in [0.5, 0.6) is 11.5 Å². The van der Waals surface area contributed by atoms with Gasteiger partial charge >= 0.3 is 0 Å². The largest absolute Gasteiger partial charge is 0.493 e. The lowest BCUT2D eigenvalue weighted by Gasteiger charge is -2.26. The lowest BCUT2D eigenvalue weighted by Crippen LogP contribution is -2.31. The lowest BCUT2D eigenvalue weighted by molar-refractivity contribution is 0.0967. The van der Waals surface area contributed by atoms with Crippen LogP contribution in [0.3, 0.4) is 0 Å². The molecule has 0 aromatic heterocycles. The summed E-state index contributed by atoms with van der Waals surface area (Å²) in [6.45, 7) is 11.8. The van der Waals surface area contributed by atoms with Gasteiger partial charge in [0, 0.05) is 32.8 Å². The van der Waals surface area contributed by atoms with Crippen molar-refractivity contribution in [2.24, 2.45) is 17.8 Å². The fourth-order valence-electron chi connectivity index (χ4n) is 5.25. The predicted molar refractivity (Wildman–Crippen MR) is 116 cm³/mol. The van der Waals surface area contributed by atoms with Gasteiger partial charge in [-0.1, -0.05) is 12.5 Å². The molecule has 1 aromatic carbocycles. The third kappa shape index (κ3) is 5.44. The average Bonchev–Trinajstić information content (AvgIpc) is 3.19. The van der Waals surface area contributed by atoms with Crippen molar-refractivity contribution in [3.8, 4) is 11.5 Å². The van der Waals surface area contributed by atoms with Crippen LogP contribution in [0.15, 0.2) is 18.2 Å². The highest BCUT2D eigenvalue weighted by Gasteiger charge is 2.55. The molecule has 0 radical (unpaired) electrons. The molecule has 2 heterocycles. The molecule has 0 N–H and O–H groups in total. The molecule has 2 atom stereocenters. The molecule has 3 fully saturated rings. The molecule has 2 unspecified atom stereocenters. The summed E-state index contributed by atoms with van der Waals surface area (Å²) < 4.78 is 17.1. The number of rotatable bonds is 11. The van der Waals surface area contributed by atoms with Crippen molar-refractivity contribution in [2.75, 3.05) is 59.7 Å². The quantitative estimate of drug-likeness (QED) is 0.528. The molecular weight excluding hydrogens is 364 g/mol. The Hall–Kier alpha value is -1.30. The number of hydrogen-bond acceptors (Lipinski definition) is 5. The van der Waals surface area contributed by atoms with Gasteiger partial charge in [-0.3, -0.25) is 4.90 Å². The summed E-state index contributed by atoms with van der Waals surface area (Å²) in [7, 11) is 1.70. The Bertz CT molecular complexity index is 635. The standard InChI is InChI=1S/C24H38N2O3/c1-3-29-24-14-19(8-9-23(24)27-2)15-26-16-20-21(17-26)22(20)18-28-13-7-12-25-10-5-4-6-11-25/h8-9,14,20-22H,3-7,10-13,15-18H2,1-2H3. The number of benzene rings is 1. The maximum Gasteiger partial charge on any atom is 0.161 e. The van der Waals surface area contributed by atoms with Gasteiger partial charge in [0.25, 0.3) is 0 Å². The first-order valence-corrected chi connectivity index (χ1v) is 11.6. The maximum atomic E-state index is 6.03. The van der Waals surface area contributed by atoms with E-state index in [1.165, 1.54) is 64.0 Å². The molecular formula is C24H38N2O3. The van der Waals surface area contributed by atoms with E-state index in [2.05, 4.69) is 21.9 Å². The SMILES string of the molecule is CCOc1cc(CN2CC3C(COCCCN4CCCCC4)C3C2)ccc1OC. The molecule has 29 heavy (non-hydrogen) atoms. The maximum absolute atomic E-state index is 6.03. The Morgan fingerprint density at radius 3 is 2.52 bits per heavy atom. The summed E-state index contributed by atoms with van der Waals surface area (Å²) in [5.41, 5.74) is 1.31. The molecule has 1 aromatic rings. The zero-order chi connectivity index (χ0) is 20.1. The van der Waals surface area contributed by atoms with Crippen LogP contribution < -0.4 is 9.47 Å². The van der Waals surface area contributed by atoms with E-state index in [9.17, 15) is 0 Å². The van der Waals surface area contributed by atoms with Crippen LogP contribution in [0.25, 0.3) is 0 Å². The minimum Gasteiger partial charge on any atom is -0.493 e. The number of methoxy groups -OCH3 is 1. The highest BCUT2D eigenvalue weighted by Crippen LogP contribution is 2.52. The number of ether oxygens (including phenoxy) is 3. The van der Waals surface area contributed by atoms with E-state index in [0.717, 1.165) is 49.0 Å². The summed E-state index contributed by atoms with van der Waals surface area (Å²) >= 11 is 0. The van der Waals surface area contributed by atoms with Crippen LogP contribution >= 0.6 is 0 Å². The van der Waals surface area contributed by atoms with Crippen molar-refractivity contribution in [3.63, 3.8) is 0 Å². The second kappa shape index (κ2) is 10.1. The van der Waals surface area contributed by atoms with Crippen molar-refractivity contribution in [3.05, 3.63) is 23.8 Å². The monoisotopic (exact) mass is 402 g/mol. The first-order valence-electron chi connectivity index (χ1n) is 11.6. The smallest absolute Gasteiger partial charge is 0.161 e. The van der Waals surface area contributed by atoms with Crippen LogP contribution in [0, 0.1) is 17.8 Å². The van der Waals surface area contributed by atoms with Crippen molar-refractivity contribution < 1.29 is 14.2 Å². The summed E-state index contributed by atoms with van der Waals surface area (Å²) in [4.78, 5) is 5.19. The highest BCUT2D eigenvalue weighted by atomic mass is 16.5. The molecule has 0 bridgehead atoms. The first-order chi connectivity index (χ1) is 14.3. The topological polar surface area (TPSA) is 34.2 Å². The van der Waals surface area contributed by atoms with Crippen LogP contribution in [-0.4, -0.2) is 69.5 Å². The average molecular weight is 403 g/mol. The minimum atomic E-state index is 0.660. The fourth-order valence-corrected chi connectivity index (χ4v) is 5.25. The molecule has 5 heteroatoms. The zero-order valence-corrected chi connectivity index (χ0v) is 18.3. The molecule has 162 valence electrons. The summed E-state index contributed by atoms with van der Waals surface area (Å²) in [5.74, 6) is 4.17. The Balaban J connectivity index is 1.12. The van der Waals surface area contributed by atoms with Gasteiger partial charge in [0.15, 0.2) is 11.5 Å². The van der Waals surface area contributed by atoms with Gasteiger partial charge in [0.1, 0.15) is 0 Å². The van der Waals surface area contributed by atoms with E-state index < -0.39 is 0 Å². The molecule has 1 saturated carbocycles. The predicted octanol–water partition coefficient (Wildman–Crippen LogP) is 3.66. The minimum absolute atomic E-state index is 0.660. The highest BCUT2D eigenvalue weighted by molar-refractivity contribution is 5.43. The van der Waals surface area contributed by atoms with Crippen LogP contribution in [0.4, 0.5) is 0 Å². The number of likely N-dealkylation sites (tertiary alicyclic amines) is 2. The van der Waals surface area contributed by atoms with Gasteiger partial charge in [-0.2, -0.15) is 0 Å². The summed E-state index contributed by atoms with van der Waals surface area (Å²) in [6, 6.07) is 6.32. The lowest BCUT2D eigenvalue weighted by atomic mass is 10.1. The van der Waals surface area contributed by atoms with E-state index in [1.54, 1.807) is 7.11 Å². The van der Waals surface area contributed by atoms with Gasteiger partial charge in [0.2, 0.25) is 0 Å². The Morgan fingerprint density at radius 2 is 1.79 bits per heavy atom. The Morgan fingerprint density at radius 1 is 1.00 bits per heavy atom. The third-order valence-electron chi connectivity index (χ3n) is 6.90. The van der Waals surface area contributed by atoms with E-state index in [4.69, 9.17) is 14.2 Å². The molecule has 1 aliphatic carbocycles. The van der Waals surface area contributed by atoms with E-state index in [-0.39, 0.29) is 0 Å². The molecule has 0 amide bonds. The molecule has 0 spiro atoms. The van der Waals surface area contributed by atoms with Crippen molar-refractivity contribution in [2.45, 2.75) is 39.2 Å². The van der Waals surface area contributed by atoms with Crippen molar-refractivity contribution >= 4 is 0 Å². The Kier molecular flexibility index (Phi) is 7.33. The second-order valence-corrected chi connectivity index (χ2v) is 8.93. The van der Waals surface area contributed by atoms with E-state index in [1.807, 2.05) is 13.0 Å². The summed E-state index contributed by atoms with van der Waals surface area (Å²) in [6.07, 6.45) is 5.37. The first kappa shape index (κ1) is 21.0. The third-order valence-corrected chi connectivity index (χ3v) is 6.90. The van der Waals surface area contributed by atoms with Crippen LogP contribution in [-0.2, 0) is 11.3 Å². The van der Waals surface area contributed by atoms with Gasteiger partial charge in [-0.25, -0.2) is 0 Å². The van der Waals surface area contributed by atoms with Gasteiger partial charge in [-0.15, -0.1) is 0 Å². The fraction of sp³-hybridized carbons (Fsp3) is 0.750. The Labute approximate surface area is 176 Å². The molecule has 2 saturated heterocycles. The van der Waals surface area contributed by atoms with E-state index >= 15 is 0 Å². The number of hydrogen-bond donors (Lipinski definition) is 0. The van der Waals surface area contributed by atoms with Crippen molar-refractivity contribution in [1.82, 2.24) is 9.80 Å². The molecule has 3 aliphatic rings. The van der Waals surface area contributed by atoms with Crippen molar-refractivity contribution in [1.29, 1.82) is 0 Å². The second-order valence-electron chi connectivity index (χ2n) is 8.93. The van der Waals surface area contributed by atoms with Crippen LogP contribution in [0.2, 0.25) is 0 Å². The zero-order valence-electron chi connectivity index (χ0n) is 18.3. The van der Waals surface area contributed by atoms with E-state index in [0.29, 0.717) is 6.61 Å². The number of piperidine rings is 2. The normalized spacial score (nSPS) is 27.0. The molecule has 4 rings (SSSR count). The summed E-state index contributed by atoms with van der Waals surface area (Å²) in [5, 5.41) is 0.